The van der Waals surface area contributed by atoms with Gasteiger partial charge in [0.15, 0.2) is 0 Å². The number of nitrogens with zero attached hydrogens (tertiary/aromatic N) is 4. The van der Waals surface area contributed by atoms with E-state index >= 15 is 0 Å². The van der Waals surface area contributed by atoms with Gasteiger partial charge in [-0.1, -0.05) is 6.07 Å². The van der Waals surface area contributed by atoms with Gasteiger partial charge < -0.3 is 15.0 Å². The molecule has 2 aromatic heterocycles. The number of carbonyl (C=O) groups excluding carboxylic acids is 1. The highest BCUT2D eigenvalue weighted by molar-refractivity contribution is 5.92. The molecule has 0 bridgehead atoms. The van der Waals surface area contributed by atoms with Crippen LogP contribution in [0.4, 0.5) is 11.6 Å². The molecule has 0 radical (unpaired) electrons. The Labute approximate surface area is 141 Å². The molecule has 0 aliphatic carbocycles. The van der Waals surface area contributed by atoms with E-state index in [4.69, 9.17) is 4.74 Å². The number of ether oxygens (including phenoxy) is 1. The van der Waals surface area contributed by atoms with Gasteiger partial charge in [-0.15, -0.1) is 0 Å². The topological polar surface area (TPSA) is 72.3 Å². The third-order valence-electron chi connectivity index (χ3n) is 4.25. The predicted octanol–water partition coefficient (Wildman–Crippen LogP) is 1.99. The van der Waals surface area contributed by atoms with Gasteiger partial charge >= 0.3 is 0 Å². The Kier molecular flexibility index (Phi) is 4.80. The third-order valence-corrected chi connectivity index (χ3v) is 4.25. The van der Waals surface area contributed by atoms with Gasteiger partial charge in [-0.2, -0.15) is 5.10 Å². The Balaban J connectivity index is 1.77. The summed E-state index contributed by atoms with van der Waals surface area (Å²) in [5.74, 6) is 1.04. The summed E-state index contributed by atoms with van der Waals surface area (Å²) in [7, 11) is 5.70. The number of nitrogens with one attached hydrogen (secondary N) is 1. The van der Waals surface area contributed by atoms with Gasteiger partial charge in [0.2, 0.25) is 5.91 Å². The van der Waals surface area contributed by atoms with Crippen molar-refractivity contribution in [3.05, 3.63) is 36.2 Å². The molecule has 0 aromatic carbocycles. The first kappa shape index (κ1) is 16.4. The van der Waals surface area contributed by atoms with Crippen LogP contribution in [0.5, 0.6) is 0 Å². The van der Waals surface area contributed by atoms with E-state index in [2.05, 4.69) is 15.4 Å². The molecule has 1 saturated heterocycles. The molecule has 24 heavy (non-hydrogen) atoms. The van der Waals surface area contributed by atoms with Crippen molar-refractivity contribution in [2.24, 2.45) is 13.0 Å². The zero-order valence-electron chi connectivity index (χ0n) is 14.3. The molecule has 7 nitrogen and oxygen atoms in total. The van der Waals surface area contributed by atoms with E-state index in [1.54, 1.807) is 16.9 Å². The molecular formula is C17H23N5O2. The first-order valence-corrected chi connectivity index (χ1v) is 8.11. The van der Waals surface area contributed by atoms with Gasteiger partial charge in [0.1, 0.15) is 17.7 Å². The highest BCUT2D eigenvalue weighted by Crippen LogP contribution is 2.34. The molecular weight excluding hydrogens is 306 g/mol. The van der Waals surface area contributed by atoms with Crippen molar-refractivity contribution in [2.45, 2.75) is 18.9 Å². The van der Waals surface area contributed by atoms with E-state index in [-0.39, 0.29) is 17.9 Å². The second-order valence-corrected chi connectivity index (χ2v) is 6.18. The van der Waals surface area contributed by atoms with Crippen molar-refractivity contribution in [1.29, 1.82) is 0 Å². The summed E-state index contributed by atoms with van der Waals surface area (Å²) in [6, 6.07) is 7.49. The highest BCUT2D eigenvalue weighted by Gasteiger charge is 2.34. The van der Waals surface area contributed by atoms with Gasteiger partial charge in [0.05, 0.1) is 11.6 Å². The minimum absolute atomic E-state index is 0.0655. The summed E-state index contributed by atoms with van der Waals surface area (Å²) in [5.41, 5.74) is 0.921. The fourth-order valence-corrected chi connectivity index (χ4v) is 2.97. The Morgan fingerprint density at radius 1 is 1.38 bits per heavy atom. The number of hydrogen-bond donors (Lipinski definition) is 1. The third kappa shape index (κ3) is 3.41. The van der Waals surface area contributed by atoms with Crippen LogP contribution in [0.25, 0.3) is 0 Å². The van der Waals surface area contributed by atoms with Gasteiger partial charge in [-0.05, 0) is 31.0 Å². The van der Waals surface area contributed by atoms with E-state index < -0.39 is 0 Å². The minimum Gasteiger partial charge on any atom is -0.371 e. The van der Waals surface area contributed by atoms with E-state index in [1.807, 2.05) is 44.2 Å². The standard InChI is InChI=1S/C17H23N5O2/c1-21(2)15-8-4-7-14(19-15)20-17(23)12-6-5-11-24-16(12)13-9-10-18-22(13)3/h4,7-10,12,16H,5-6,11H2,1-3H3,(H,19,20,23)/t12-,16-/m1/s1. The molecule has 2 atom stereocenters. The van der Waals surface area contributed by atoms with E-state index in [9.17, 15) is 4.79 Å². The van der Waals surface area contributed by atoms with Crippen molar-refractivity contribution >= 4 is 17.5 Å². The summed E-state index contributed by atoms with van der Waals surface area (Å²) >= 11 is 0. The number of carbonyl (C=O) groups is 1. The van der Waals surface area contributed by atoms with Crippen molar-refractivity contribution in [3.8, 4) is 0 Å². The number of hydrogen-bond acceptors (Lipinski definition) is 5. The number of pyridine rings is 1. The lowest BCUT2D eigenvalue weighted by molar-refractivity contribution is -0.129. The number of amides is 1. The molecule has 7 heteroatoms. The van der Waals surface area contributed by atoms with E-state index in [1.165, 1.54) is 0 Å². The fraction of sp³-hybridized carbons (Fsp3) is 0.471. The SMILES string of the molecule is CN(C)c1cccc(NC(=O)[C@@H]2CCCO[C@H]2c2ccnn2C)n1. The van der Waals surface area contributed by atoms with Crippen LogP contribution in [-0.4, -0.2) is 41.4 Å². The maximum atomic E-state index is 12.8. The molecule has 0 unspecified atom stereocenters. The lowest BCUT2D eigenvalue weighted by Gasteiger charge is -2.30. The van der Waals surface area contributed by atoms with Crippen molar-refractivity contribution in [1.82, 2.24) is 14.8 Å². The molecule has 1 aliphatic heterocycles. The summed E-state index contributed by atoms with van der Waals surface area (Å²) < 4.78 is 7.65. The second-order valence-electron chi connectivity index (χ2n) is 6.18. The van der Waals surface area contributed by atoms with Crippen LogP contribution in [0.3, 0.4) is 0 Å². The molecule has 2 aromatic rings. The van der Waals surface area contributed by atoms with Crippen LogP contribution in [0.2, 0.25) is 0 Å². The molecule has 1 aliphatic rings. The zero-order valence-corrected chi connectivity index (χ0v) is 14.3. The van der Waals surface area contributed by atoms with Crippen LogP contribution in [0.15, 0.2) is 30.5 Å². The first-order valence-electron chi connectivity index (χ1n) is 8.11. The van der Waals surface area contributed by atoms with Crippen molar-refractivity contribution in [2.75, 3.05) is 30.9 Å². The maximum Gasteiger partial charge on any atom is 0.231 e. The molecule has 3 heterocycles. The lowest BCUT2D eigenvalue weighted by atomic mass is 9.91. The molecule has 1 amide bonds. The Bertz CT molecular complexity index is 713. The van der Waals surface area contributed by atoms with Gasteiger partial charge in [-0.3, -0.25) is 9.48 Å². The monoisotopic (exact) mass is 329 g/mol. The molecule has 1 N–H and O–H groups in total. The Hall–Kier alpha value is -2.41. The summed E-state index contributed by atoms with van der Waals surface area (Å²) in [6.07, 6.45) is 3.11. The molecule has 128 valence electrons. The average Bonchev–Trinajstić information content (AvgIpc) is 3.01. The van der Waals surface area contributed by atoms with E-state index in [0.717, 1.165) is 24.4 Å². The first-order chi connectivity index (χ1) is 11.6. The Morgan fingerprint density at radius 3 is 2.92 bits per heavy atom. The van der Waals surface area contributed by atoms with Crippen LogP contribution in [-0.2, 0) is 16.6 Å². The highest BCUT2D eigenvalue weighted by atomic mass is 16.5. The predicted molar refractivity (Wildman–Crippen MR) is 91.8 cm³/mol. The van der Waals surface area contributed by atoms with Crippen molar-refractivity contribution in [3.63, 3.8) is 0 Å². The maximum absolute atomic E-state index is 12.8. The lowest BCUT2D eigenvalue weighted by Crippen LogP contribution is -2.34. The summed E-state index contributed by atoms with van der Waals surface area (Å²) in [4.78, 5) is 19.1. The molecule has 0 saturated carbocycles. The normalized spacial score (nSPS) is 20.6. The van der Waals surface area contributed by atoms with Crippen LogP contribution in [0.1, 0.15) is 24.6 Å². The van der Waals surface area contributed by atoms with Crippen LogP contribution < -0.4 is 10.2 Å². The minimum atomic E-state index is -0.275. The van der Waals surface area contributed by atoms with Crippen LogP contribution >= 0.6 is 0 Å². The average molecular weight is 329 g/mol. The van der Waals surface area contributed by atoms with E-state index in [0.29, 0.717) is 12.4 Å². The van der Waals surface area contributed by atoms with Gasteiger partial charge in [-0.25, -0.2) is 4.98 Å². The quantitative estimate of drug-likeness (QED) is 0.929. The Morgan fingerprint density at radius 2 is 2.21 bits per heavy atom. The zero-order chi connectivity index (χ0) is 17.1. The second kappa shape index (κ2) is 7.00. The largest absolute Gasteiger partial charge is 0.371 e. The van der Waals surface area contributed by atoms with Gasteiger partial charge in [0.25, 0.3) is 0 Å². The number of anilines is 2. The molecule has 1 fully saturated rings. The van der Waals surface area contributed by atoms with Gasteiger partial charge in [0, 0.05) is 33.9 Å². The van der Waals surface area contributed by atoms with Crippen LogP contribution in [0, 0.1) is 5.92 Å². The summed E-state index contributed by atoms with van der Waals surface area (Å²) in [5, 5.41) is 7.12. The molecule has 0 spiro atoms. The summed E-state index contributed by atoms with van der Waals surface area (Å²) in [6.45, 7) is 0.661. The fourth-order valence-electron chi connectivity index (χ4n) is 2.97. The number of aryl methyl sites for hydroxylation is 1. The number of rotatable bonds is 4. The number of aromatic nitrogens is 3. The smallest absolute Gasteiger partial charge is 0.231 e. The molecule has 3 rings (SSSR count). The van der Waals surface area contributed by atoms with Crippen molar-refractivity contribution < 1.29 is 9.53 Å².